The first-order valence-corrected chi connectivity index (χ1v) is 12.8. The quantitative estimate of drug-likeness (QED) is 0.209. The molecule has 0 N–H and O–H groups in total. The Kier molecular flexibility index (Phi) is 9.92. The summed E-state index contributed by atoms with van der Waals surface area (Å²) in [6, 6.07) is 24.4. The number of hydrogen-bond donors (Lipinski definition) is 0. The normalized spacial score (nSPS) is 9.76. The van der Waals surface area contributed by atoms with Gasteiger partial charge in [-0.3, -0.25) is 18.7 Å². The van der Waals surface area contributed by atoms with Gasteiger partial charge in [-0.05, 0) is 36.3 Å². The average Bonchev–Trinajstić information content (AvgIpc) is 2.92. The van der Waals surface area contributed by atoms with Gasteiger partial charge in [0.05, 0.1) is 0 Å². The topological polar surface area (TPSA) is 51.6 Å². The molecule has 0 unspecified atom stereocenters. The van der Waals surface area contributed by atoms with Crippen molar-refractivity contribution >= 4 is 9.58 Å². The second-order valence-corrected chi connectivity index (χ2v) is 6.55. The number of rotatable bonds is 3. The Bertz CT molecular complexity index is 1240. The summed E-state index contributed by atoms with van der Waals surface area (Å²) in [6.07, 6.45) is 8.59. The molecular formula is C26H16ClF2IrN4. The standard InChI is InChI=1S/C15H10N3.C11H6F2N.ClH.Ir/c1-3-7-17-14(5-1)12-9-13(11-16-10-12)15-6-2-4-8-18-15;12-8-4-5-9(10(13)7-8)11-3-1-2-6-14-11;;/h1-8,10-11H;1-4,6-7H;1H;/q2*-1;;+3/p-1. The zero-order valence-electron chi connectivity index (χ0n) is 17.5. The van der Waals surface area contributed by atoms with Gasteiger partial charge in [-0.1, -0.05) is 59.2 Å². The fourth-order valence-corrected chi connectivity index (χ4v) is 2.85. The number of aromatic nitrogens is 4. The van der Waals surface area contributed by atoms with Gasteiger partial charge in [0.1, 0.15) is 0 Å². The number of benzene rings is 1. The van der Waals surface area contributed by atoms with Crippen molar-refractivity contribution in [1.82, 2.24) is 19.9 Å². The van der Waals surface area contributed by atoms with E-state index in [1.807, 2.05) is 36.4 Å². The molecule has 1 aromatic carbocycles. The first-order valence-electron chi connectivity index (χ1n) is 9.81. The third kappa shape index (κ3) is 7.06. The van der Waals surface area contributed by atoms with Crippen molar-refractivity contribution in [2.24, 2.45) is 0 Å². The third-order valence-electron chi connectivity index (χ3n) is 4.34. The fourth-order valence-electron chi connectivity index (χ4n) is 2.85. The van der Waals surface area contributed by atoms with Crippen LogP contribution >= 0.6 is 9.58 Å². The average molecular weight is 650 g/mol. The molecule has 0 aliphatic heterocycles. The largest absolute Gasteiger partial charge is 0.341 e. The van der Waals surface area contributed by atoms with Crippen LogP contribution in [0.5, 0.6) is 0 Å². The maximum absolute atomic E-state index is 13.2. The SMILES string of the molecule is Fc1c[c-]c(-c2ccccn2)c(F)c1.[Cl][Ir+2].[c-]1c(-c2ccccn2)cncc1-c1ccccn1. The summed E-state index contributed by atoms with van der Waals surface area (Å²) in [7, 11) is 4.64. The summed E-state index contributed by atoms with van der Waals surface area (Å²) in [5, 5.41) is 0. The Hall–Kier alpha value is -3.38. The van der Waals surface area contributed by atoms with Crippen molar-refractivity contribution in [2.75, 3.05) is 0 Å². The van der Waals surface area contributed by atoms with Crippen LogP contribution in [-0.2, 0) is 17.9 Å². The van der Waals surface area contributed by atoms with Crippen LogP contribution in [0.2, 0.25) is 0 Å². The molecule has 8 heteroatoms. The van der Waals surface area contributed by atoms with Crippen molar-refractivity contribution in [3.05, 3.63) is 121 Å². The minimum atomic E-state index is -0.649. The predicted octanol–water partition coefficient (Wildman–Crippen LogP) is 6.52. The van der Waals surface area contributed by atoms with Gasteiger partial charge >= 0.3 is 27.5 Å². The van der Waals surface area contributed by atoms with Gasteiger partial charge in [0.2, 0.25) is 0 Å². The smallest absolute Gasteiger partial charge is 0.0183 e. The maximum atomic E-state index is 13.2. The van der Waals surface area contributed by atoms with Gasteiger partial charge in [0.25, 0.3) is 0 Å². The van der Waals surface area contributed by atoms with Crippen LogP contribution in [-0.4, -0.2) is 19.9 Å². The monoisotopic (exact) mass is 650 g/mol. The zero-order chi connectivity index (χ0) is 24.2. The van der Waals surface area contributed by atoms with Crippen LogP contribution in [0.15, 0.2) is 97.7 Å². The molecule has 5 rings (SSSR count). The molecule has 0 radical (unpaired) electrons. The predicted molar refractivity (Wildman–Crippen MR) is 124 cm³/mol. The van der Waals surface area contributed by atoms with E-state index in [-0.39, 0.29) is 5.56 Å². The van der Waals surface area contributed by atoms with Crippen LogP contribution in [0.4, 0.5) is 8.78 Å². The first-order chi connectivity index (χ1) is 16.7. The summed E-state index contributed by atoms with van der Waals surface area (Å²) >= 11 is 1.47. The fraction of sp³-hybridized carbons (Fsp3) is 0. The van der Waals surface area contributed by atoms with Crippen LogP contribution in [0.25, 0.3) is 33.8 Å². The summed E-state index contributed by atoms with van der Waals surface area (Å²) < 4.78 is 25.8. The molecule has 170 valence electrons. The number of pyridine rings is 4. The van der Waals surface area contributed by atoms with Crippen molar-refractivity contribution < 1.29 is 26.7 Å². The van der Waals surface area contributed by atoms with Gasteiger partial charge in [0.15, 0.2) is 0 Å². The summed E-state index contributed by atoms with van der Waals surface area (Å²) in [6.45, 7) is 0. The van der Waals surface area contributed by atoms with Crippen molar-refractivity contribution in [2.45, 2.75) is 0 Å². The molecule has 5 aromatic rings. The molecule has 4 aromatic heterocycles. The van der Waals surface area contributed by atoms with E-state index in [9.17, 15) is 8.78 Å². The van der Waals surface area contributed by atoms with Crippen LogP contribution in [0.1, 0.15) is 0 Å². The van der Waals surface area contributed by atoms with E-state index in [1.165, 1.54) is 17.9 Å². The number of halogens is 3. The zero-order valence-corrected chi connectivity index (χ0v) is 20.6. The minimum Gasteiger partial charge on any atom is -0.341 e. The Labute approximate surface area is 210 Å². The summed E-state index contributed by atoms with van der Waals surface area (Å²) in [5.74, 6) is -1.29. The molecule has 0 spiro atoms. The number of nitrogens with zero attached hydrogens (tertiary/aromatic N) is 4. The molecule has 0 aliphatic carbocycles. The molecule has 0 saturated carbocycles. The summed E-state index contributed by atoms with van der Waals surface area (Å²) in [5.41, 5.74) is 4.11. The van der Waals surface area contributed by atoms with E-state index >= 15 is 0 Å². The van der Waals surface area contributed by atoms with Crippen molar-refractivity contribution in [3.63, 3.8) is 0 Å². The van der Waals surface area contributed by atoms with E-state index in [0.717, 1.165) is 34.6 Å². The van der Waals surface area contributed by atoms with Gasteiger partial charge in [-0.15, -0.1) is 18.2 Å². The van der Waals surface area contributed by atoms with E-state index in [2.05, 4.69) is 41.7 Å². The molecule has 0 aliphatic rings. The molecule has 0 bridgehead atoms. The van der Waals surface area contributed by atoms with E-state index in [4.69, 9.17) is 0 Å². The second kappa shape index (κ2) is 13.4. The van der Waals surface area contributed by atoms with Crippen LogP contribution in [0, 0.1) is 23.8 Å². The Morgan fingerprint density at radius 2 is 1.21 bits per heavy atom. The number of hydrogen-bond acceptors (Lipinski definition) is 4. The Morgan fingerprint density at radius 1 is 0.706 bits per heavy atom. The summed E-state index contributed by atoms with van der Waals surface area (Å²) in [4.78, 5) is 16.8. The molecular weight excluding hydrogens is 634 g/mol. The van der Waals surface area contributed by atoms with Gasteiger partial charge in [0, 0.05) is 41.6 Å². The van der Waals surface area contributed by atoms with E-state index in [1.54, 1.807) is 49.2 Å². The van der Waals surface area contributed by atoms with Crippen LogP contribution in [0.3, 0.4) is 0 Å². The molecule has 0 atom stereocenters. The van der Waals surface area contributed by atoms with Gasteiger partial charge in [-0.2, -0.15) is 0 Å². The van der Waals surface area contributed by atoms with Crippen LogP contribution < -0.4 is 0 Å². The van der Waals surface area contributed by atoms with E-state index in [0.29, 0.717) is 5.69 Å². The van der Waals surface area contributed by atoms with Crippen molar-refractivity contribution in [3.8, 4) is 33.8 Å². The van der Waals surface area contributed by atoms with E-state index < -0.39 is 11.6 Å². The van der Waals surface area contributed by atoms with Gasteiger partial charge in [-0.25, -0.2) is 0 Å². The molecule has 0 fully saturated rings. The maximum Gasteiger partial charge on any atom is 0.0183 e. The molecule has 0 amide bonds. The molecule has 34 heavy (non-hydrogen) atoms. The minimum absolute atomic E-state index is 0.187. The second-order valence-electron chi connectivity index (χ2n) is 6.55. The third-order valence-corrected chi connectivity index (χ3v) is 4.34. The van der Waals surface area contributed by atoms with Gasteiger partial charge < -0.3 is 9.97 Å². The Morgan fingerprint density at radius 3 is 1.65 bits per heavy atom. The molecule has 4 nitrogen and oxygen atoms in total. The van der Waals surface area contributed by atoms with Crippen molar-refractivity contribution in [1.29, 1.82) is 0 Å². The molecule has 0 saturated heterocycles. The first kappa shape index (κ1) is 25.2. The Balaban J connectivity index is 0.000000183. The molecule has 4 heterocycles.